The third kappa shape index (κ3) is 7.72. The van der Waals surface area contributed by atoms with E-state index in [1.165, 1.54) is 11.6 Å². The summed E-state index contributed by atoms with van der Waals surface area (Å²) in [6.07, 6.45) is 1.51. The molecule has 4 aromatic carbocycles. The van der Waals surface area contributed by atoms with Crippen LogP contribution in [0.15, 0.2) is 101 Å². The van der Waals surface area contributed by atoms with Crippen LogP contribution in [0.5, 0.6) is 11.5 Å². The van der Waals surface area contributed by atoms with E-state index in [2.05, 4.69) is 21.2 Å². The normalized spacial score (nSPS) is 10.9. The van der Waals surface area contributed by atoms with Gasteiger partial charge >= 0.3 is 0 Å². The predicted octanol–water partition coefficient (Wildman–Crippen LogP) is 8.11. The van der Waals surface area contributed by atoms with E-state index in [9.17, 15) is 10.1 Å². The Bertz CT molecular complexity index is 1480. The van der Waals surface area contributed by atoms with Crippen molar-refractivity contribution in [2.75, 3.05) is 5.32 Å². The van der Waals surface area contributed by atoms with E-state index in [1.807, 2.05) is 55.5 Å². The number of anilines is 1. The molecule has 0 saturated carbocycles. The summed E-state index contributed by atoms with van der Waals surface area (Å²) >= 11 is 9.40. The Morgan fingerprint density at radius 3 is 2.21 bits per heavy atom. The second kappa shape index (κ2) is 13.0. The molecule has 0 aliphatic heterocycles. The van der Waals surface area contributed by atoms with E-state index in [0.29, 0.717) is 41.0 Å². The fourth-order valence-electron chi connectivity index (χ4n) is 3.49. The lowest BCUT2D eigenvalue weighted by molar-refractivity contribution is -0.112. The minimum Gasteiger partial charge on any atom is -0.489 e. The summed E-state index contributed by atoms with van der Waals surface area (Å²) in [5.74, 6) is 0.694. The largest absolute Gasteiger partial charge is 0.489 e. The molecule has 0 unspecified atom stereocenters. The van der Waals surface area contributed by atoms with Gasteiger partial charge in [-0.1, -0.05) is 69.5 Å². The lowest BCUT2D eigenvalue weighted by Gasteiger charge is -2.11. The summed E-state index contributed by atoms with van der Waals surface area (Å²) in [4.78, 5) is 12.9. The van der Waals surface area contributed by atoms with E-state index in [1.54, 1.807) is 48.5 Å². The Kier molecular flexibility index (Phi) is 9.21. The number of carbonyl (C=O) groups excluding carboxylic acids is 1. The molecule has 0 fully saturated rings. The SMILES string of the molecule is Cc1ccc(COc2ccc(NC(=O)/C(C#N)=C/c3cc(Br)ccc3OCc3ccc(Cl)cc3)cc2)cc1. The summed E-state index contributed by atoms with van der Waals surface area (Å²) in [6.45, 7) is 2.80. The van der Waals surface area contributed by atoms with Gasteiger partial charge in [0, 0.05) is 20.7 Å². The van der Waals surface area contributed by atoms with Gasteiger partial charge in [-0.25, -0.2) is 0 Å². The molecule has 0 bridgehead atoms. The number of hydrogen-bond donors (Lipinski definition) is 1. The molecule has 4 aromatic rings. The number of hydrogen-bond acceptors (Lipinski definition) is 4. The number of halogens is 2. The maximum absolute atomic E-state index is 12.9. The Morgan fingerprint density at radius 1 is 0.921 bits per heavy atom. The van der Waals surface area contributed by atoms with Gasteiger partial charge in [0.25, 0.3) is 5.91 Å². The number of aryl methyl sites for hydroxylation is 1. The number of nitrogens with one attached hydrogen (secondary N) is 1. The maximum Gasteiger partial charge on any atom is 0.266 e. The molecule has 0 aliphatic rings. The number of ether oxygens (including phenoxy) is 2. The summed E-state index contributed by atoms with van der Waals surface area (Å²) in [6, 6.07) is 29.9. The zero-order valence-corrected chi connectivity index (χ0v) is 22.9. The number of nitriles is 1. The van der Waals surface area contributed by atoms with Crippen molar-refractivity contribution in [2.24, 2.45) is 0 Å². The topological polar surface area (TPSA) is 71.3 Å². The van der Waals surface area contributed by atoms with Crippen molar-refractivity contribution in [2.45, 2.75) is 20.1 Å². The highest BCUT2D eigenvalue weighted by Gasteiger charge is 2.12. The zero-order chi connectivity index (χ0) is 26.9. The highest BCUT2D eigenvalue weighted by atomic mass is 79.9. The molecule has 190 valence electrons. The molecule has 4 rings (SSSR count). The predicted molar refractivity (Wildman–Crippen MR) is 154 cm³/mol. The summed E-state index contributed by atoms with van der Waals surface area (Å²) in [5.41, 5.74) is 4.30. The van der Waals surface area contributed by atoms with Crippen LogP contribution in [-0.4, -0.2) is 5.91 Å². The molecule has 0 aliphatic carbocycles. The van der Waals surface area contributed by atoms with Gasteiger partial charge in [0.05, 0.1) is 0 Å². The molecular formula is C31H24BrClN2O3. The van der Waals surface area contributed by atoms with Crippen LogP contribution in [0, 0.1) is 18.3 Å². The van der Waals surface area contributed by atoms with Gasteiger partial charge in [0.1, 0.15) is 36.4 Å². The standard InChI is InChI=1S/C31H24BrClN2O3/c1-21-2-4-22(5-3-21)19-37-29-13-11-28(12-14-29)35-31(36)25(18-34)16-24-17-26(32)8-15-30(24)38-20-23-6-9-27(33)10-7-23/h2-17H,19-20H2,1H3,(H,35,36)/b25-16+. The third-order valence-electron chi connectivity index (χ3n) is 5.58. The molecule has 0 radical (unpaired) electrons. The first-order valence-electron chi connectivity index (χ1n) is 11.8. The van der Waals surface area contributed by atoms with Crippen molar-refractivity contribution < 1.29 is 14.3 Å². The zero-order valence-electron chi connectivity index (χ0n) is 20.6. The lowest BCUT2D eigenvalue weighted by atomic mass is 10.1. The van der Waals surface area contributed by atoms with Crippen LogP contribution in [0.1, 0.15) is 22.3 Å². The number of benzene rings is 4. The maximum atomic E-state index is 12.9. The minimum atomic E-state index is -0.524. The van der Waals surface area contributed by atoms with Crippen molar-refractivity contribution in [1.82, 2.24) is 0 Å². The average Bonchev–Trinajstić information content (AvgIpc) is 2.92. The molecule has 0 heterocycles. The molecule has 38 heavy (non-hydrogen) atoms. The van der Waals surface area contributed by atoms with Crippen LogP contribution in [0.2, 0.25) is 5.02 Å². The smallest absolute Gasteiger partial charge is 0.266 e. The van der Waals surface area contributed by atoms with Crippen LogP contribution in [0.25, 0.3) is 6.08 Å². The molecule has 0 atom stereocenters. The number of rotatable bonds is 9. The second-order valence-corrected chi connectivity index (χ2v) is 9.87. The Morgan fingerprint density at radius 2 is 1.55 bits per heavy atom. The van der Waals surface area contributed by atoms with Crippen LogP contribution < -0.4 is 14.8 Å². The fourth-order valence-corrected chi connectivity index (χ4v) is 4.00. The lowest BCUT2D eigenvalue weighted by Crippen LogP contribution is -2.13. The van der Waals surface area contributed by atoms with E-state index < -0.39 is 5.91 Å². The van der Waals surface area contributed by atoms with Gasteiger partial charge in [-0.3, -0.25) is 4.79 Å². The number of amides is 1. The van der Waals surface area contributed by atoms with Crippen molar-refractivity contribution in [3.8, 4) is 17.6 Å². The average molecular weight is 588 g/mol. The van der Waals surface area contributed by atoms with Gasteiger partial charge in [-0.2, -0.15) is 5.26 Å². The second-order valence-electron chi connectivity index (χ2n) is 8.52. The van der Waals surface area contributed by atoms with Gasteiger partial charge in [-0.05, 0) is 78.7 Å². The van der Waals surface area contributed by atoms with Crippen LogP contribution in [0.4, 0.5) is 5.69 Å². The van der Waals surface area contributed by atoms with Gasteiger partial charge in [0.15, 0.2) is 0 Å². The van der Waals surface area contributed by atoms with Crippen LogP contribution >= 0.6 is 27.5 Å². The van der Waals surface area contributed by atoms with Crippen LogP contribution in [-0.2, 0) is 18.0 Å². The first-order valence-corrected chi connectivity index (χ1v) is 12.9. The summed E-state index contributed by atoms with van der Waals surface area (Å²) in [5, 5.41) is 13.1. The molecule has 0 aromatic heterocycles. The molecular weight excluding hydrogens is 564 g/mol. The first-order chi connectivity index (χ1) is 18.4. The highest BCUT2D eigenvalue weighted by Crippen LogP contribution is 2.27. The fraction of sp³-hybridized carbons (Fsp3) is 0.0968. The van der Waals surface area contributed by atoms with Crippen molar-refractivity contribution in [1.29, 1.82) is 5.26 Å². The summed E-state index contributed by atoms with van der Waals surface area (Å²) < 4.78 is 12.6. The first kappa shape index (κ1) is 27.0. The van der Waals surface area contributed by atoms with Crippen molar-refractivity contribution >= 4 is 45.2 Å². The third-order valence-corrected chi connectivity index (χ3v) is 6.33. The molecule has 0 saturated heterocycles. The number of carbonyl (C=O) groups is 1. The van der Waals surface area contributed by atoms with E-state index in [0.717, 1.165) is 15.6 Å². The van der Waals surface area contributed by atoms with E-state index >= 15 is 0 Å². The van der Waals surface area contributed by atoms with Gasteiger partial charge in [0.2, 0.25) is 0 Å². The summed E-state index contributed by atoms with van der Waals surface area (Å²) in [7, 11) is 0. The van der Waals surface area contributed by atoms with E-state index in [4.69, 9.17) is 21.1 Å². The Hall–Kier alpha value is -4.05. The van der Waals surface area contributed by atoms with Crippen LogP contribution in [0.3, 0.4) is 0 Å². The monoisotopic (exact) mass is 586 g/mol. The van der Waals surface area contributed by atoms with E-state index in [-0.39, 0.29) is 5.57 Å². The molecule has 7 heteroatoms. The van der Waals surface area contributed by atoms with Crippen molar-refractivity contribution in [3.05, 3.63) is 128 Å². The highest BCUT2D eigenvalue weighted by molar-refractivity contribution is 9.10. The molecule has 1 N–H and O–H groups in total. The minimum absolute atomic E-state index is 0.0564. The Labute approximate surface area is 235 Å². The molecule has 1 amide bonds. The molecule has 0 spiro atoms. The molecule has 5 nitrogen and oxygen atoms in total. The quantitative estimate of drug-likeness (QED) is 0.159. The van der Waals surface area contributed by atoms with Crippen molar-refractivity contribution in [3.63, 3.8) is 0 Å². The van der Waals surface area contributed by atoms with Gasteiger partial charge in [-0.15, -0.1) is 0 Å². The van der Waals surface area contributed by atoms with Gasteiger partial charge < -0.3 is 14.8 Å². The number of nitrogens with zero attached hydrogens (tertiary/aromatic N) is 1. The Balaban J connectivity index is 1.41.